The van der Waals surface area contributed by atoms with Crippen LogP contribution in [0.3, 0.4) is 0 Å². The minimum atomic E-state index is -0.612. The van der Waals surface area contributed by atoms with Crippen molar-refractivity contribution in [3.8, 4) is 17.0 Å². The Bertz CT molecular complexity index is 1960. The maximum atomic E-state index is 13.7. The molecule has 0 fully saturated rings. The quantitative estimate of drug-likeness (QED) is 0.137. The Morgan fingerprint density at radius 2 is 1.70 bits per heavy atom. The predicted octanol–water partition coefficient (Wildman–Crippen LogP) is 5.58. The number of hydrogen-bond acceptors (Lipinski definition) is 6. The van der Waals surface area contributed by atoms with Gasteiger partial charge < -0.3 is 26.5 Å². The van der Waals surface area contributed by atoms with E-state index in [1.54, 1.807) is 24.3 Å². The maximum Gasteiger partial charge on any atom is 0.251 e. The number of primary amides is 1. The molecule has 0 unspecified atom stereocenters. The lowest BCUT2D eigenvalue weighted by Crippen LogP contribution is -2.31. The van der Waals surface area contributed by atoms with Crippen molar-refractivity contribution in [3.63, 3.8) is 0 Å². The zero-order valence-electron chi connectivity index (χ0n) is 23.4. The van der Waals surface area contributed by atoms with Crippen molar-refractivity contribution in [3.05, 3.63) is 130 Å². The van der Waals surface area contributed by atoms with Crippen LogP contribution < -0.4 is 21.5 Å². The van der Waals surface area contributed by atoms with E-state index in [0.717, 1.165) is 22.0 Å². The van der Waals surface area contributed by atoms with Gasteiger partial charge in [0.1, 0.15) is 29.0 Å². The van der Waals surface area contributed by atoms with Crippen LogP contribution in [0.15, 0.2) is 97.1 Å². The number of para-hydroxylation sites is 1. The first kappa shape index (κ1) is 28.5. The summed E-state index contributed by atoms with van der Waals surface area (Å²) in [4.78, 5) is 33.8. The van der Waals surface area contributed by atoms with Crippen LogP contribution in [-0.4, -0.2) is 32.0 Å². The van der Waals surface area contributed by atoms with Gasteiger partial charge >= 0.3 is 0 Å². The number of nitrogens with two attached hydrogens (primary N) is 2. The minimum absolute atomic E-state index is 0.0559. The van der Waals surface area contributed by atoms with Crippen molar-refractivity contribution in [1.29, 1.82) is 0 Å². The fourth-order valence-electron chi connectivity index (χ4n) is 4.99. The molecule has 0 radical (unpaired) electrons. The molecule has 0 saturated carbocycles. The molecule has 7 N–H and O–H groups in total. The molecule has 0 bridgehead atoms. The summed E-state index contributed by atoms with van der Waals surface area (Å²) >= 11 is 6.65. The van der Waals surface area contributed by atoms with Crippen LogP contribution in [0, 0.1) is 0 Å². The highest BCUT2D eigenvalue weighted by atomic mass is 35.5. The normalized spacial score (nSPS) is 11.8. The van der Waals surface area contributed by atoms with Crippen molar-refractivity contribution in [1.82, 2.24) is 25.5 Å². The number of fused-ring (bicyclic) bond motifs is 1. The highest BCUT2D eigenvalue weighted by Gasteiger charge is 2.23. The van der Waals surface area contributed by atoms with Crippen molar-refractivity contribution in [2.45, 2.75) is 19.1 Å². The largest absolute Gasteiger partial charge is 0.489 e. The minimum Gasteiger partial charge on any atom is -0.489 e. The first-order chi connectivity index (χ1) is 21.4. The average molecular weight is 606 g/mol. The Hall–Kier alpha value is -5.61. The van der Waals surface area contributed by atoms with Crippen molar-refractivity contribution in [2.24, 2.45) is 5.73 Å². The zero-order valence-corrected chi connectivity index (χ0v) is 24.1. The monoisotopic (exact) mass is 605 g/mol. The summed E-state index contributed by atoms with van der Waals surface area (Å²) in [6, 6.07) is 28.7. The Morgan fingerprint density at radius 1 is 0.955 bits per heavy atom. The first-order valence-corrected chi connectivity index (χ1v) is 14.2. The number of carbonyl (C=O) groups is 2. The van der Waals surface area contributed by atoms with Gasteiger partial charge in [0.05, 0.1) is 11.6 Å². The molecule has 6 rings (SSSR count). The molecule has 6 aromatic rings. The van der Waals surface area contributed by atoms with Gasteiger partial charge in [-0.3, -0.25) is 14.7 Å². The summed E-state index contributed by atoms with van der Waals surface area (Å²) in [6.07, 6.45) is 0.440. The number of amides is 2. The van der Waals surface area contributed by atoms with Gasteiger partial charge in [-0.15, -0.1) is 0 Å². The number of benzene rings is 4. The van der Waals surface area contributed by atoms with Crippen LogP contribution in [0.1, 0.15) is 43.7 Å². The Kier molecular flexibility index (Phi) is 7.98. The molecule has 4 aromatic carbocycles. The smallest absolute Gasteiger partial charge is 0.251 e. The fourth-order valence-corrected chi connectivity index (χ4v) is 5.24. The summed E-state index contributed by atoms with van der Waals surface area (Å²) in [6.45, 7) is 0.0559. The average Bonchev–Trinajstić information content (AvgIpc) is 3.62. The van der Waals surface area contributed by atoms with E-state index in [1.165, 1.54) is 6.07 Å². The third kappa shape index (κ3) is 6.11. The maximum absolute atomic E-state index is 13.7. The zero-order chi connectivity index (χ0) is 30.6. The summed E-state index contributed by atoms with van der Waals surface area (Å²) in [7, 11) is 0. The van der Waals surface area contributed by atoms with E-state index in [-0.39, 0.29) is 18.1 Å². The lowest BCUT2D eigenvalue weighted by atomic mass is 10.0. The van der Waals surface area contributed by atoms with Gasteiger partial charge in [-0.05, 0) is 54.4 Å². The molecule has 0 spiro atoms. The lowest BCUT2D eigenvalue weighted by Gasteiger charge is -2.18. The number of aromatic nitrogens is 4. The fraction of sp³-hybridized carbons (Fsp3) is 0.0909. The topological polar surface area (TPSA) is 165 Å². The summed E-state index contributed by atoms with van der Waals surface area (Å²) < 4.78 is 5.85. The third-order valence-corrected chi connectivity index (χ3v) is 7.51. The number of carbonyl (C=O) groups excluding carboxylic acids is 2. The molecule has 0 aliphatic rings. The molecule has 2 aromatic heterocycles. The second kappa shape index (κ2) is 12.3. The number of ether oxygens (including phenoxy) is 1. The van der Waals surface area contributed by atoms with Crippen molar-refractivity contribution < 1.29 is 14.3 Å². The van der Waals surface area contributed by atoms with Crippen LogP contribution in [0.4, 0.5) is 5.82 Å². The Morgan fingerprint density at radius 3 is 2.45 bits per heavy atom. The number of imidazole rings is 1. The number of rotatable bonds is 10. The highest BCUT2D eigenvalue weighted by molar-refractivity contribution is 6.32. The number of halogens is 1. The van der Waals surface area contributed by atoms with Gasteiger partial charge in [-0.25, -0.2) is 4.98 Å². The first-order valence-electron chi connectivity index (χ1n) is 13.8. The van der Waals surface area contributed by atoms with Gasteiger partial charge in [-0.1, -0.05) is 66.2 Å². The predicted molar refractivity (Wildman–Crippen MR) is 169 cm³/mol. The van der Waals surface area contributed by atoms with Crippen LogP contribution in [0.25, 0.3) is 22.2 Å². The molecule has 220 valence electrons. The van der Waals surface area contributed by atoms with E-state index in [2.05, 4.69) is 20.5 Å². The summed E-state index contributed by atoms with van der Waals surface area (Å²) in [5.41, 5.74) is 15.7. The molecule has 2 heterocycles. The molecule has 2 amide bonds. The number of hydrogen-bond donors (Lipinski definition) is 5. The van der Waals surface area contributed by atoms with E-state index >= 15 is 0 Å². The second-order valence-corrected chi connectivity index (χ2v) is 10.6. The van der Waals surface area contributed by atoms with E-state index in [4.69, 9.17) is 32.8 Å². The highest BCUT2D eigenvalue weighted by Crippen LogP contribution is 2.31. The molecule has 1 atom stereocenters. The van der Waals surface area contributed by atoms with Gasteiger partial charge in [0.25, 0.3) is 5.91 Å². The standard InChI is InChI=1S/C33H28ClN7O3/c34-29-28(20-11-14-25-26(17-20)40-41-30(25)35)38-32(39-29)27(15-19-7-3-1-4-8-19)37-33(43)21-12-13-24(31(36)42)22(16-21)18-44-23-9-5-2-6-10-23/h1-14,16-17,27H,15,18H2,(H2,36,42)(H,37,43)(H,38,39)(H3,35,40,41)/t27-/m0/s1. The molecular formula is C33H28ClN7O3. The van der Waals surface area contributed by atoms with Crippen LogP contribution >= 0.6 is 11.6 Å². The number of nitrogens with one attached hydrogen (secondary N) is 3. The van der Waals surface area contributed by atoms with Gasteiger partial charge in [0.15, 0.2) is 5.82 Å². The van der Waals surface area contributed by atoms with Crippen LogP contribution in [0.5, 0.6) is 5.75 Å². The van der Waals surface area contributed by atoms with E-state index in [1.807, 2.05) is 66.7 Å². The van der Waals surface area contributed by atoms with Crippen LogP contribution in [-0.2, 0) is 13.0 Å². The number of anilines is 1. The molecule has 11 heteroatoms. The van der Waals surface area contributed by atoms with Crippen molar-refractivity contribution in [2.75, 3.05) is 5.73 Å². The Labute approximate surface area is 257 Å². The SMILES string of the molecule is NC(=O)c1ccc(C(=O)N[C@@H](Cc2ccccc2)c2nc(-c3ccc4c(N)n[nH]c4c3)c(Cl)[nH]2)cc1COc1ccccc1. The van der Waals surface area contributed by atoms with Gasteiger partial charge in [-0.2, -0.15) is 5.10 Å². The van der Waals surface area contributed by atoms with E-state index < -0.39 is 11.9 Å². The molecule has 0 aliphatic heterocycles. The lowest BCUT2D eigenvalue weighted by molar-refractivity contribution is 0.0932. The third-order valence-electron chi connectivity index (χ3n) is 7.23. The number of nitrogen functional groups attached to an aromatic ring is 1. The number of nitrogens with zero attached hydrogens (tertiary/aromatic N) is 2. The molecule has 0 saturated heterocycles. The second-order valence-electron chi connectivity index (χ2n) is 10.2. The van der Waals surface area contributed by atoms with Crippen molar-refractivity contribution >= 4 is 40.1 Å². The summed E-state index contributed by atoms with van der Waals surface area (Å²) in [5.74, 6) is 0.532. The molecule has 10 nitrogen and oxygen atoms in total. The molecular weight excluding hydrogens is 578 g/mol. The molecule has 0 aliphatic carbocycles. The Balaban J connectivity index is 1.30. The summed E-state index contributed by atoms with van der Waals surface area (Å²) in [5, 5.41) is 11.2. The van der Waals surface area contributed by atoms with Gasteiger partial charge in [0, 0.05) is 27.6 Å². The molecule has 44 heavy (non-hydrogen) atoms. The number of H-pyrrole nitrogens is 2. The number of aromatic amines is 2. The van der Waals surface area contributed by atoms with Gasteiger partial charge in [0.2, 0.25) is 5.91 Å². The van der Waals surface area contributed by atoms with Crippen LogP contribution in [0.2, 0.25) is 5.15 Å². The van der Waals surface area contributed by atoms with E-state index in [9.17, 15) is 9.59 Å². The van der Waals surface area contributed by atoms with E-state index in [0.29, 0.717) is 45.8 Å².